The zero-order valence-electron chi connectivity index (χ0n) is 14.7. The summed E-state index contributed by atoms with van der Waals surface area (Å²) >= 11 is 0. The third-order valence-electron chi connectivity index (χ3n) is 4.91. The van der Waals surface area contributed by atoms with Crippen molar-refractivity contribution in [3.63, 3.8) is 0 Å². The van der Waals surface area contributed by atoms with E-state index in [9.17, 15) is 9.90 Å². The van der Waals surface area contributed by atoms with Crippen LogP contribution in [0, 0.1) is 11.3 Å². The normalized spacial score (nSPS) is 17.9. The maximum atomic E-state index is 12.9. The molecule has 23 heavy (non-hydrogen) atoms. The molecule has 1 unspecified atom stereocenters. The molecule has 1 saturated heterocycles. The summed E-state index contributed by atoms with van der Waals surface area (Å²) in [5.41, 5.74) is 0.596. The number of aliphatic hydroxyl groups excluding tert-OH is 1. The lowest BCUT2D eigenvalue weighted by molar-refractivity contribution is -0.142. The summed E-state index contributed by atoms with van der Waals surface area (Å²) in [6.45, 7) is 7.33. The minimum Gasteiger partial charge on any atom is -0.496 e. The molecule has 1 fully saturated rings. The second kappa shape index (κ2) is 7.35. The quantitative estimate of drug-likeness (QED) is 0.908. The Morgan fingerprint density at radius 3 is 2.52 bits per heavy atom. The first-order chi connectivity index (χ1) is 10.8. The van der Waals surface area contributed by atoms with Crippen LogP contribution in [0.25, 0.3) is 0 Å². The summed E-state index contributed by atoms with van der Waals surface area (Å²) < 4.78 is 5.40. The van der Waals surface area contributed by atoms with Gasteiger partial charge >= 0.3 is 0 Å². The van der Waals surface area contributed by atoms with Crippen molar-refractivity contribution < 1.29 is 14.6 Å². The van der Waals surface area contributed by atoms with E-state index >= 15 is 0 Å². The molecule has 1 heterocycles. The Labute approximate surface area is 139 Å². The zero-order chi connectivity index (χ0) is 17.0. The zero-order valence-corrected chi connectivity index (χ0v) is 14.7. The summed E-state index contributed by atoms with van der Waals surface area (Å²) in [4.78, 5) is 14.9. The van der Waals surface area contributed by atoms with Crippen molar-refractivity contribution in [1.29, 1.82) is 0 Å². The molecule has 4 nitrogen and oxygen atoms in total. The van der Waals surface area contributed by atoms with E-state index in [0.29, 0.717) is 12.3 Å². The largest absolute Gasteiger partial charge is 0.496 e. The molecular weight excluding hydrogens is 290 g/mol. The minimum absolute atomic E-state index is 0.187. The second-order valence-corrected chi connectivity index (χ2v) is 7.24. The maximum Gasteiger partial charge on any atom is 0.228 e. The molecule has 0 spiro atoms. The van der Waals surface area contributed by atoms with E-state index in [1.165, 1.54) is 0 Å². The fourth-order valence-electron chi connectivity index (χ4n) is 3.41. The van der Waals surface area contributed by atoms with Crippen LogP contribution in [-0.4, -0.2) is 42.2 Å². The van der Waals surface area contributed by atoms with Crippen LogP contribution >= 0.6 is 0 Å². The van der Waals surface area contributed by atoms with Crippen molar-refractivity contribution in [2.75, 3.05) is 20.2 Å². The van der Waals surface area contributed by atoms with E-state index in [1.807, 2.05) is 49.9 Å². The van der Waals surface area contributed by atoms with Crippen molar-refractivity contribution >= 4 is 5.91 Å². The van der Waals surface area contributed by atoms with Crippen LogP contribution in [-0.2, 0) is 11.2 Å². The van der Waals surface area contributed by atoms with E-state index in [1.54, 1.807) is 7.11 Å². The molecule has 0 aliphatic carbocycles. The number of carbonyl (C=O) groups is 1. The van der Waals surface area contributed by atoms with Gasteiger partial charge in [-0.2, -0.15) is 0 Å². The number of amides is 1. The number of hydrogen-bond acceptors (Lipinski definition) is 3. The van der Waals surface area contributed by atoms with Gasteiger partial charge in [0, 0.05) is 18.5 Å². The number of para-hydroxylation sites is 1. The van der Waals surface area contributed by atoms with Crippen LogP contribution in [0.3, 0.4) is 0 Å². The van der Waals surface area contributed by atoms with Crippen LogP contribution in [0.4, 0.5) is 0 Å². The number of rotatable bonds is 5. The van der Waals surface area contributed by atoms with Gasteiger partial charge in [-0.3, -0.25) is 4.79 Å². The Morgan fingerprint density at radius 1 is 1.35 bits per heavy atom. The summed E-state index contributed by atoms with van der Waals surface area (Å²) in [5.74, 6) is 1.34. The highest BCUT2D eigenvalue weighted by Gasteiger charge is 2.35. The molecule has 0 saturated carbocycles. The maximum absolute atomic E-state index is 12.9. The van der Waals surface area contributed by atoms with E-state index in [0.717, 1.165) is 37.2 Å². The standard InChI is InChI=1S/C19H29NO3/c1-14(21)15-9-11-20(12-10-15)18(22)19(2,3)13-16-7-5-6-8-17(16)23-4/h5-8,14-15,21H,9-13H2,1-4H3. The van der Waals surface area contributed by atoms with Gasteiger partial charge in [-0.1, -0.05) is 32.0 Å². The first-order valence-corrected chi connectivity index (χ1v) is 8.44. The predicted molar refractivity (Wildman–Crippen MR) is 91.5 cm³/mol. The third-order valence-corrected chi connectivity index (χ3v) is 4.91. The Morgan fingerprint density at radius 2 is 1.96 bits per heavy atom. The summed E-state index contributed by atoms with van der Waals surface area (Å²) in [6.07, 6.45) is 2.14. The highest BCUT2D eigenvalue weighted by molar-refractivity contribution is 5.82. The number of aliphatic hydroxyl groups is 1. The van der Waals surface area contributed by atoms with Gasteiger partial charge in [-0.25, -0.2) is 0 Å². The minimum atomic E-state index is -0.466. The van der Waals surface area contributed by atoms with Gasteiger partial charge in [0.2, 0.25) is 5.91 Å². The van der Waals surface area contributed by atoms with E-state index in [2.05, 4.69) is 0 Å². The third kappa shape index (κ3) is 4.25. The SMILES string of the molecule is COc1ccccc1CC(C)(C)C(=O)N1CCC(C(C)O)CC1. The average molecular weight is 319 g/mol. The van der Waals surface area contributed by atoms with E-state index in [-0.39, 0.29) is 12.0 Å². The first kappa shape index (κ1) is 17.8. The number of carbonyl (C=O) groups excluding carboxylic acids is 1. The Bertz CT molecular complexity index is 531. The lowest BCUT2D eigenvalue weighted by Gasteiger charge is -2.38. The fourth-order valence-corrected chi connectivity index (χ4v) is 3.41. The monoisotopic (exact) mass is 319 g/mol. The van der Waals surface area contributed by atoms with Gasteiger partial charge in [-0.05, 0) is 43.7 Å². The first-order valence-electron chi connectivity index (χ1n) is 8.44. The van der Waals surface area contributed by atoms with Gasteiger partial charge in [0.1, 0.15) is 5.75 Å². The Kier molecular flexibility index (Phi) is 5.69. The van der Waals surface area contributed by atoms with Gasteiger partial charge in [0.15, 0.2) is 0 Å². The summed E-state index contributed by atoms with van der Waals surface area (Å²) in [6, 6.07) is 7.88. The van der Waals surface area contributed by atoms with Crippen LogP contribution in [0.2, 0.25) is 0 Å². The molecule has 1 amide bonds. The van der Waals surface area contributed by atoms with Gasteiger partial charge < -0.3 is 14.7 Å². The van der Waals surface area contributed by atoms with Gasteiger partial charge in [0.05, 0.1) is 13.2 Å². The highest BCUT2D eigenvalue weighted by atomic mass is 16.5. The molecule has 1 aromatic rings. The molecule has 1 aliphatic heterocycles. The number of likely N-dealkylation sites (tertiary alicyclic amines) is 1. The topological polar surface area (TPSA) is 49.8 Å². The van der Waals surface area contributed by atoms with Gasteiger partial charge in [0.25, 0.3) is 0 Å². The molecular formula is C19H29NO3. The van der Waals surface area contributed by atoms with E-state index in [4.69, 9.17) is 4.74 Å². The van der Waals surface area contributed by atoms with Crippen molar-refractivity contribution in [2.24, 2.45) is 11.3 Å². The lowest BCUT2D eigenvalue weighted by atomic mass is 9.82. The molecule has 0 aromatic heterocycles. The highest BCUT2D eigenvalue weighted by Crippen LogP contribution is 2.31. The number of methoxy groups -OCH3 is 1. The van der Waals surface area contributed by atoms with Crippen molar-refractivity contribution in [3.8, 4) is 5.75 Å². The van der Waals surface area contributed by atoms with Crippen molar-refractivity contribution in [2.45, 2.75) is 46.1 Å². The number of hydrogen-bond donors (Lipinski definition) is 1. The molecule has 0 bridgehead atoms. The summed E-state index contributed by atoms with van der Waals surface area (Å²) in [7, 11) is 1.66. The molecule has 0 radical (unpaired) electrons. The number of ether oxygens (including phenoxy) is 1. The van der Waals surface area contributed by atoms with Crippen LogP contribution in [0.1, 0.15) is 39.2 Å². The molecule has 1 N–H and O–H groups in total. The number of piperidine rings is 1. The smallest absolute Gasteiger partial charge is 0.228 e. The Balaban J connectivity index is 2.03. The Hall–Kier alpha value is -1.55. The molecule has 128 valence electrons. The molecule has 4 heteroatoms. The molecule has 2 rings (SSSR count). The predicted octanol–water partition coefficient (Wildman–Crippen LogP) is 2.88. The van der Waals surface area contributed by atoms with Crippen molar-refractivity contribution in [3.05, 3.63) is 29.8 Å². The summed E-state index contributed by atoms with van der Waals surface area (Å²) in [5, 5.41) is 9.70. The van der Waals surface area contributed by atoms with Gasteiger partial charge in [-0.15, -0.1) is 0 Å². The number of nitrogens with zero attached hydrogens (tertiary/aromatic N) is 1. The molecule has 1 aliphatic rings. The average Bonchev–Trinajstić information content (AvgIpc) is 2.54. The van der Waals surface area contributed by atoms with E-state index < -0.39 is 5.41 Å². The second-order valence-electron chi connectivity index (χ2n) is 7.24. The van der Waals surface area contributed by atoms with Crippen LogP contribution in [0.5, 0.6) is 5.75 Å². The molecule has 1 atom stereocenters. The number of benzene rings is 1. The fraction of sp³-hybridized carbons (Fsp3) is 0.632. The van der Waals surface area contributed by atoms with Crippen molar-refractivity contribution in [1.82, 2.24) is 4.90 Å². The van der Waals surface area contributed by atoms with Crippen LogP contribution in [0.15, 0.2) is 24.3 Å². The lowest BCUT2D eigenvalue weighted by Crippen LogP contribution is -2.47. The van der Waals surface area contributed by atoms with Crippen LogP contribution < -0.4 is 4.74 Å². The molecule has 1 aromatic carbocycles.